The fourth-order valence-electron chi connectivity index (χ4n) is 10.3. The van der Waals surface area contributed by atoms with Crippen LogP contribution in [0.4, 0.5) is 0 Å². The summed E-state index contributed by atoms with van der Waals surface area (Å²) in [6, 6.07) is 0. The lowest BCUT2D eigenvalue weighted by molar-refractivity contribution is -0.153. The molecule has 1 unspecified atom stereocenters. The molecule has 36 heavy (non-hydrogen) atoms. The lowest BCUT2D eigenvalue weighted by atomic mass is 9.42. The number of Topliss-reactive ketones (excluding diaryl/α,β-unsaturated/α-hetero) is 1. The molecule has 0 aromatic rings. The fourth-order valence-corrected chi connectivity index (χ4v) is 10.3. The van der Waals surface area contributed by atoms with Gasteiger partial charge >= 0.3 is 5.97 Å². The molecule has 0 bridgehead atoms. The maximum Gasteiger partial charge on any atom is 0.303 e. The van der Waals surface area contributed by atoms with Gasteiger partial charge < -0.3 is 10.2 Å². The molecule has 0 saturated heterocycles. The number of hydrogen-bond donors (Lipinski definition) is 2. The zero-order valence-electron chi connectivity index (χ0n) is 24.1. The van der Waals surface area contributed by atoms with Gasteiger partial charge in [-0.25, -0.2) is 0 Å². The van der Waals surface area contributed by atoms with Crippen LogP contribution in [0.5, 0.6) is 0 Å². The minimum Gasteiger partial charge on any atom is -0.481 e. The molecule has 2 fully saturated rings. The predicted octanol–water partition coefficient (Wildman–Crippen LogP) is 7.58. The van der Waals surface area contributed by atoms with Crippen LogP contribution in [0.1, 0.15) is 126 Å². The maximum atomic E-state index is 13.1. The summed E-state index contributed by atoms with van der Waals surface area (Å²) in [7, 11) is 0. The highest BCUT2D eigenvalue weighted by Gasteiger charge is 2.65. The summed E-state index contributed by atoms with van der Waals surface area (Å²) in [6.45, 7) is 16.0. The van der Waals surface area contributed by atoms with E-state index in [2.05, 4.69) is 48.5 Å². The third-order valence-electron chi connectivity index (χ3n) is 12.1. The normalized spacial score (nSPS) is 40.6. The Kier molecular flexibility index (Phi) is 7.39. The van der Waals surface area contributed by atoms with E-state index in [-0.39, 0.29) is 34.4 Å². The number of aliphatic carboxylic acids is 1. The molecule has 4 rings (SSSR count). The molecule has 0 aliphatic heterocycles. The Morgan fingerprint density at radius 1 is 1.00 bits per heavy atom. The van der Waals surface area contributed by atoms with Crippen LogP contribution in [0.3, 0.4) is 0 Å². The minimum atomic E-state index is -0.880. The summed E-state index contributed by atoms with van der Waals surface area (Å²) in [5, 5.41) is 20.6. The molecule has 2 N–H and O–H groups in total. The molecule has 0 aromatic carbocycles. The summed E-state index contributed by atoms with van der Waals surface area (Å²) >= 11 is 0. The lowest BCUT2D eigenvalue weighted by Gasteiger charge is -2.62. The van der Waals surface area contributed by atoms with Crippen molar-refractivity contribution in [1.82, 2.24) is 0 Å². The Bertz CT molecular complexity index is 915. The number of carboxylic acids is 1. The molecule has 4 aliphatic carbocycles. The highest BCUT2D eigenvalue weighted by atomic mass is 16.4. The van der Waals surface area contributed by atoms with Gasteiger partial charge in [-0.3, -0.25) is 9.59 Å². The Morgan fingerprint density at radius 2 is 1.69 bits per heavy atom. The van der Waals surface area contributed by atoms with Crippen molar-refractivity contribution in [2.45, 2.75) is 132 Å². The van der Waals surface area contributed by atoms with Crippen LogP contribution in [0.2, 0.25) is 0 Å². The second-order valence-corrected chi connectivity index (χ2v) is 14.7. The van der Waals surface area contributed by atoms with E-state index in [0.717, 1.165) is 44.4 Å². The van der Waals surface area contributed by atoms with E-state index in [4.69, 9.17) is 0 Å². The molecule has 0 amide bonds. The van der Waals surface area contributed by atoms with E-state index in [1.165, 1.54) is 36.8 Å². The van der Waals surface area contributed by atoms with Crippen molar-refractivity contribution in [3.05, 3.63) is 11.1 Å². The van der Waals surface area contributed by atoms with Crippen LogP contribution < -0.4 is 0 Å². The molecule has 204 valence electrons. The largest absolute Gasteiger partial charge is 0.481 e. The number of ketones is 1. The third kappa shape index (κ3) is 4.12. The smallest absolute Gasteiger partial charge is 0.303 e. The zero-order chi connectivity index (χ0) is 26.7. The molecular formula is C32H52O4. The van der Waals surface area contributed by atoms with Crippen LogP contribution in [0, 0.1) is 45.3 Å². The highest BCUT2D eigenvalue weighted by molar-refractivity contribution is 5.86. The first-order valence-corrected chi connectivity index (χ1v) is 14.9. The Labute approximate surface area is 219 Å². The SMILES string of the molecule is CC(C)CCC[C@@H](C)[C@H]1CC[C@@]2(CCC(=O)O)C3=C(CC[C@]12C)[C@@]1(C)CC(=O)[C@H](O)C(C)(C)C1CC3. The van der Waals surface area contributed by atoms with E-state index in [1.54, 1.807) is 0 Å². The predicted molar refractivity (Wildman–Crippen MR) is 144 cm³/mol. The molecule has 2 saturated carbocycles. The van der Waals surface area contributed by atoms with E-state index in [1.807, 2.05) is 0 Å². The van der Waals surface area contributed by atoms with Crippen molar-refractivity contribution in [2.24, 2.45) is 45.3 Å². The van der Waals surface area contributed by atoms with Crippen molar-refractivity contribution < 1.29 is 19.8 Å². The summed E-state index contributed by atoms with van der Waals surface area (Å²) in [5.41, 5.74) is 2.42. The molecule has 0 aromatic heterocycles. The molecule has 0 radical (unpaired) electrons. The van der Waals surface area contributed by atoms with Crippen LogP contribution >= 0.6 is 0 Å². The number of carboxylic acid groups (broad SMARTS) is 1. The van der Waals surface area contributed by atoms with Gasteiger partial charge in [-0.15, -0.1) is 0 Å². The average molecular weight is 501 g/mol. The summed E-state index contributed by atoms with van der Waals surface area (Å²) < 4.78 is 0. The Hall–Kier alpha value is -1.16. The first kappa shape index (κ1) is 27.9. The van der Waals surface area contributed by atoms with Gasteiger partial charge in [-0.05, 0) is 84.9 Å². The first-order chi connectivity index (χ1) is 16.7. The van der Waals surface area contributed by atoms with Crippen LogP contribution in [-0.2, 0) is 9.59 Å². The van der Waals surface area contributed by atoms with Gasteiger partial charge in [-0.1, -0.05) is 78.9 Å². The van der Waals surface area contributed by atoms with Gasteiger partial charge in [0, 0.05) is 18.3 Å². The number of aliphatic hydroxyl groups is 1. The topological polar surface area (TPSA) is 74.6 Å². The monoisotopic (exact) mass is 500 g/mol. The van der Waals surface area contributed by atoms with E-state index in [9.17, 15) is 19.8 Å². The number of hydrogen-bond acceptors (Lipinski definition) is 3. The van der Waals surface area contributed by atoms with Gasteiger partial charge in [0.25, 0.3) is 0 Å². The third-order valence-corrected chi connectivity index (χ3v) is 12.1. The highest BCUT2D eigenvalue weighted by Crippen LogP contribution is 2.73. The second kappa shape index (κ2) is 9.54. The summed E-state index contributed by atoms with van der Waals surface area (Å²) in [5.74, 6) is 1.60. The van der Waals surface area contributed by atoms with Crippen molar-refractivity contribution >= 4 is 11.8 Å². The zero-order valence-corrected chi connectivity index (χ0v) is 24.1. The van der Waals surface area contributed by atoms with Crippen LogP contribution in [-0.4, -0.2) is 28.1 Å². The van der Waals surface area contributed by atoms with Crippen molar-refractivity contribution in [3.8, 4) is 0 Å². The molecule has 0 heterocycles. The maximum absolute atomic E-state index is 13.1. The van der Waals surface area contributed by atoms with Gasteiger partial charge in [0.05, 0.1) is 0 Å². The lowest BCUT2D eigenvalue weighted by Crippen LogP contribution is -2.58. The average Bonchev–Trinajstić information content (AvgIpc) is 3.09. The number of fused-ring (bicyclic) bond motifs is 4. The molecule has 4 heteroatoms. The van der Waals surface area contributed by atoms with Crippen molar-refractivity contribution in [2.75, 3.05) is 0 Å². The number of carbonyl (C=O) groups excluding carboxylic acids is 1. The van der Waals surface area contributed by atoms with Gasteiger partial charge in [0.1, 0.15) is 6.10 Å². The minimum absolute atomic E-state index is 0.0107. The van der Waals surface area contributed by atoms with Crippen LogP contribution in [0.15, 0.2) is 11.1 Å². The second-order valence-electron chi connectivity index (χ2n) is 14.7. The van der Waals surface area contributed by atoms with Crippen molar-refractivity contribution in [1.29, 1.82) is 0 Å². The molecule has 0 spiro atoms. The Balaban J connectivity index is 1.75. The van der Waals surface area contributed by atoms with E-state index in [0.29, 0.717) is 18.3 Å². The Morgan fingerprint density at radius 3 is 2.33 bits per heavy atom. The van der Waals surface area contributed by atoms with Gasteiger partial charge in [-0.2, -0.15) is 0 Å². The molecule has 4 aliphatic rings. The fraction of sp³-hybridized carbons (Fsp3) is 0.875. The van der Waals surface area contributed by atoms with Gasteiger partial charge in [0.2, 0.25) is 0 Å². The number of aliphatic hydroxyl groups excluding tert-OH is 1. The standard InChI is InChI=1S/C32H52O4/c1-20(2)9-8-10-21(3)22-14-17-32(18-15-27(34)35)24-11-12-26-29(4,5)28(36)25(33)19-30(26,6)23(24)13-16-31(22,32)7/h20-22,26,28,36H,8-19H2,1-7H3,(H,34,35)/t21-,22-,26?,28+,30-,31-,32-/m1/s1. The van der Waals surface area contributed by atoms with E-state index < -0.39 is 17.5 Å². The van der Waals surface area contributed by atoms with Gasteiger partial charge in [0.15, 0.2) is 5.78 Å². The van der Waals surface area contributed by atoms with Crippen molar-refractivity contribution in [3.63, 3.8) is 0 Å². The van der Waals surface area contributed by atoms with E-state index >= 15 is 0 Å². The quantitative estimate of drug-likeness (QED) is 0.337. The molecule has 4 nitrogen and oxygen atoms in total. The molecule has 7 atom stereocenters. The summed E-state index contributed by atoms with van der Waals surface area (Å²) in [6.07, 6.45) is 10.7. The number of allylic oxidation sites excluding steroid dienone is 2. The van der Waals surface area contributed by atoms with Crippen LogP contribution in [0.25, 0.3) is 0 Å². The number of rotatable bonds is 8. The molecular weight excluding hydrogens is 448 g/mol. The first-order valence-electron chi connectivity index (χ1n) is 14.9. The number of carbonyl (C=O) groups is 2. The summed E-state index contributed by atoms with van der Waals surface area (Å²) in [4.78, 5) is 24.9.